The Labute approximate surface area is 108 Å². The molecule has 1 amide bonds. The smallest absolute Gasteiger partial charge is 0.238 e. The van der Waals surface area contributed by atoms with Gasteiger partial charge in [0.15, 0.2) is 0 Å². The molecule has 1 aliphatic heterocycles. The highest BCUT2D eigenvalue weighted by molar-refractivity contribution is 7.89. The number of carbonyl (C=O) groups is 1. The zero-order chi connectivity index (χ0) is 13.1. The van der Waals surface area contributed by atoms with Gasteiger partial charge in [0.1, 0.15) is 6.04 Å². The van der Waals surface area contributed by atoms with Crippen molar-refractivity contribution in [2.24, 2.45) is 5.92 Å². The Balaban J connectivity index is 2.85. The number of alkyl halides is 1. The van der Waals surface area contributed by atoms with E-state index in [-0.39, 0.29) is 17.6 Å². The van der Waals surface area contributed by atoms with Crippen molar-refractivity contribution < 1.29 is 13.2 Å². The zero-order valence-corrected chi connectivity index (χ0v) is 11.7. The summed E-state index contributed by atoms with van der Waals surface area (Å²) in [6, 6.07) is -0.573. The maximum Gasteiger partial charge on any atom is 0.238 e. The molecule has 5 nitrogen and oxygen atoms in total. The van der Waals surface area contributed by atoms with Gasteiger partial charge in [0.05, 0.1) is 5.75 Å². The molecular weight excluding hydrogens is 264 g/mol. The first kappa shape index (κ1) is 14.7. The lowest BCUT2D eigenvalue weighted by atomic mass is 10.2. The highest BCUT2D eigenvalue weighted by atomic mass is 35.5. The normalized spacial score (nSPS) is 24.4. The van der Waals surface area contributed by atoms with Crippen molar-refractivity contribution in [1.82, 2.24) is 9.62 Å². The molecule has 17 heavy (non-hydrogen) atoms. The molecule has 2 atom stereocenters. The number of hydrogen-bond donors (Lipinski definition) is 1. The number of nitrogens with one attached hydrogen (secondary N) is 1. The molecule has 7 heteroatoms. The number of piperazine rings is 1. The van der Waals surface area contributed by atoms with Crippen LogP contribution in [0.5, 0.6) is 0 Å². The zero-order valence-electron chi connectivity index (χ0n) is 10.1. The van der Waals surface area contributed by atoms with Crippen molar-refractivity contribution in [2.45, 2.75) is 26.3 Å². The molecule has 0 aromatic heterocycles. The van der Waals surface area contributed by atoms with Crippen LogP contribution in [0.1, 0.15) is 20.3 Å². The van der Waals surface area contributed by atoms with Crippen LogP contribution >= 0.6 is 11.6 Å². The number of carbonyl (C=O) groups excluding carboxylic acids is 1. The van der Waals surface area contributed by atoms with Gasteiger partial charge in [0.25, 0.3) is 0 Å². The summed E-state index contributed by atoms with van der Waals surface area (Å²) in [5.74, 6) is -0.0129. The molecule has 100 valence electrons. The SMILES string of the molecule is CCC1C(=O)NCCN1S(=O)(=O)CC(C)CCl. The highest BCUT2D eigenvalue weighted by Gasteiger charge is 2.36. The highest BCUT2D eigenvalue weighted by Crippen LogP contribution is 2.16. The molecule has 2 unspecified atom stereocenters. The Bertz CT molecular complexity index is 372. The van der Waals surface area contributed by atoms with E-state index in [0.717, 1.165) is 0 Å². The predicted octanol–water partition coefficient (Wildman–Crippen LogP) is 0.401. The summed E-state index contributed by atoms with van der Waals surface area (Å²) < 4.78 is 25.6. The lowest BCUT2D eigenvalue weighted by Gasteiger charge is -2.34. The molecule has 1 saturated heterocycles. The van der Waals surface area contributed by atoms with Crippen LogP contribution < -0.4 is 5.32 Å². The van der Waals surface area contributed by atoms with Crippen molar-refractivity contribution in [2.75, 3.05) is 24.7 Å². The molecule has 1 fully saturated rings. The van der Waals surface area contributed by atoms with Gasteiger partial charge in [-0.2, -0.15) is 4.31 Å². The Morgan fingerprint density at radius 3 is 2.76 bits per heavy atom. The van der Waals surface area contributed by atoms with Crippen LogP contribution in [0.25, 0.3) is 0 Å². The van der Waals surface area contributed by atoms with Crippen LogP contribution in [-0.4, -0.2) is 49.4 Å². The van der Waals surface area contributed by atoms with Gasteiger partial charge >= 0.3 is 0 Å². The predicted molar refractivity (Wildman–Crippen MR) is 67.5 cm³/mol. The lowest BCUT2D eigenvalue weighted by molar-refractivity contribution is -0.126. The molecule has 0 aromatic rings. The summed E-state index contributed by atoms with van der Waals surface area (Å²) in [7, 11) is -3.40. The van der Waals surface area contributed by atoms with Crippen molar-refractivity contribution in [1.29, 1.82) is 0 Å². The summed E-state index contributed by atoms with van der Waals surface area (Å²) in [5, 5.41) is 2.68. The standard InChI is InChI=1S/C10H19ClN2O3S/c1-3-9-10(14)12-4-5-13(9)17(15,16)7-8(2)6-11/h8-9H,3-7H2,1-2H3,(H,12,14). The third kappa shape index (κ3) is 3.56. The van der Waals surface area contributed by atoms with E-state index in [1.165, 1.54) is 4.31 Å². The number of nitrogens with zero attached hydrogens (tertiary/aromatic N) is 1. The Kier molecular flexibility index (Phi) is 5.22. The van der Waals surface area contributed by atoms with E-state index in [9.17, 15) is 13.2 Å². The van der Waals surface area contributed by atoms with Crippen LogP contribution in [0, 0.1) is 5.92 Å². The van der Waals surface area contributed by atoms with Gasteiger partial charge in [-0.3, -0.25) is 4.79 Å². The van der Waals surface area contributed by atoms with Crippen molar-refractivity contribution in [3.8, 4) is 0 Å². The van der Waals surface area contributed by atoms with Crippen molar-refractivity contribution >= 4 is 27.5 Å². The maximum absolute atomic E-state index is 12.2. The quantitative estimate of drug-likeness (QED) is 0.743. The topological polar surface area (TPSA) is 66.5 Å². The van der Waals surface area contributed by atoms with E-state index in [1.807, 2.05) is 6.92 Å². The second-order valence-corrected chi connectivity index (χ2v) is 6.64. The Morgan fingerprint density at radius 1 is 1.59 bits per heavy atom. The lowest BCUT2D eigenvalue weighted by Crippen LogP contribution is -2.57. The molecule has 0 aliphatic carbocycles. The first-order chi connectivity index (χ1) is 7.92. The van der Waals surface area contributed by atoms with Gasteiger partial charge in [-0.1, -0.05) is 13.8 Å². The second kappa shape index (κ2) is 6.02. The number of halogens is 1. The minimum absolute atomic E-state index is 0.000278. The third-order valence-corrected chi connectivity index (χ3v) is 5.45. The number of hydrogen-bond acceptors (Lipinski definition) is 3. The molecule has 1 aliphatic rings. The van der Waals surface area contributed by atoms with Gasteiger partial charge in [0.2, 0.25) is 15.9 Å². The first-order valence-corrected chi connectivity index (χ1v) is 7.90. The Morgan fingerprint density at radius 2 is 2.24 bits per heavy atom. The molecule has 0 radical (unpaired) electrons. The summed E-state index contributed by atoms with van der Waals surface area (Å²) in [6.07, 6.45) is 0.486. The molecule has 0 aromatic carbocycles. The summed E-state index contributed by atoms with van der Waals surface area (Å²) in [5.41, 5.74) is 0. The van der Waals surface area contributed by atoms with E-state index in [2.05, 4.69) is 5.32 Å². The Hall–Kier alpha value is -0.330. The monoisotopic (exact) mass is 282 g/mol. The van der Waals surface area contributed by atoms with Crippen molar-refractivity contribution in [3.63, 3.8) is 0 Å². The van der Waals surface area contributed by atoms with E-state index >= 15 is 0 Å². The van der Waals surface area contributed by atoms with E-state index in [4.69, 9.17) is 11.6 Å². The third-order valence-electron chi connectivity index (χ3n) is 2.78. The second-order valence-electron chi connectivity index (χ2n) is 4.36. The number of rotatable bonds is 5. The average molecular weight is 283 g/mol. The molecule has 1 rings (SSSR count). The van der Waals surface area contributed by atoms with Crippen LogP contribution in [0.15, 0.2) is 0 Å². The van der Waals surface area contributed by atoms with Gasteiger partial charge in [-0.15, -0.1) is 11.6 Å². The molecule has 0 spiro atoms. The fraction of sp³-hybridized carbons (Fsp3) is 0.900. The van der Waals surface area contributed by atoms with Gasteiger partial charge in [0, 0.05) is 19.0 Å². The summed E-state index contributed by atoms with van der Waals surface area (Å²) >= 11 is 5.63. The van der Waals surface area contributed by atoms with Gasteiger partial charge in [-0.25, -0.2) is 8.42 Å². The van der Waals surface area contributed by atoms with Crippen LogP contribution in [0.2, 0.25) is 0 Å². The molecule has 0 bridgehead atoms. The van der Waals surface area contributed by atoms with E-state index in [0.29, 0.717) is 25.4 Å². The minimum Gasteiger partial charge on any atom is -0.353 e. The minimum atomic E-state index is -3.40. The first-order valence-electron chi connectivity index (χ1n) is 5.75. The number of sulfonamides is 1. The van der Waals surface area contributed by atoms with E-state index in [1.54, 1.807) is 6.92 Å². The van der Waals surface area contributed by atoms with Gasteiger partial charge in [-0.05, 0) is 12.3 Å². The van der Waals surface area contributed by atoms with Gasteiger partial charge < -0.3 is 5.32 Å². The van der Waals surface area contributed by atoms with Crippen LogP contribution in [0.3, 0.4) is 0 Å². The fourth-order valence-electron chi connectivity index (χ4n) is 1.92. The van der Waals surface area contributed by atoms with Crippen molar-refractivity contribution in [3.05, 3.63) is 0 Å². The van der Waals surface area contributed by atoms with Crippen LogP contribution in [0.4, 0.5) is 0 Å². The fourth-order valence-corrected chi connectivity index (χ4v) is 4.18. The summed E-state index contributed by atoms with van der Waals surface area (Å²) in [4.78, 5) is 11.6. The van der Waals surface area contributed by atoms with E-state index < -0.39 is 16.1 Å². The summed E-state index contributed by atoms with van der Waals surface area (Å²) in [6.45, 7) is 4.32. The molecule has 0 saturated carbocycles. The molecule has 1 heterocycles. The number of amides is 1. The molecule has 1 N–H and O–H groups in total. The molecular formula is C10H19ClN2O3S. The largest absolute Gasteiger partial charge is 0.353 e. The maximum atomic E-state index is 12.2. The van der Waals surface area contributed by atoms with Crippen LogP contribution in [-0.2, 0) is 14.8 Å². The average Bonchev–Trinajstić information content (AvgIpc) is 2.28.